The van der Waals surface area contributed by atoms with Crippen molar-refractivity contribution < 1.29 is 27.9 Å². The van der Waals surface area contributed by atoms with Gasteiger partial charge in [0.25, 0.3) is 5.72 Å². The number of Topliss-reactive ketones (excluding diaryl/α,β-unsaturated/α-hetero) is 1. The van der Waals surface area contributed by atoms with Crippen LogP contribution in [0, 0.1) is 5.92 Å². The number of rotatable bonds is 3. The summed E-state index contributed by atoms with van der Waals surface area (Å²) in [6, 6.07) is 6.16. The Balaban J connectivity index is 2.23. The molecule has 0 unspecified atom stereocenters. The molecule has 0 aliphatic carbocycles. The fourth-order valence-corrected chi connectivity index (χ4v) is 4.12. The van der Waals surface area contributed by atoms with Crippen LogP contribution in [0.1, 0.15) is 21.3 Å². The molecule has 1 aliphatic rings. The average molecular weight is 419 g/mol. The quantitative estimate of drug-likeness (QED) is 0.744. The highest BCUT2D eigenvalue weighted by Crippen LogP contribution is 2.48. The van der Waals surface area contributed by atoms with Crippen LogP contribution in [0.3, 0.4) is 0 Å². The SMILES string of the molecule is CN1C(=O)N[C@H](c2ccccc2Cl)[C@H](C(=O)c2cccs2)[C@]1(O)C(F)(F)F. The fraction of sp³-hybridized carbons (Fsp3) is 0.294. The van der Waals surface area contributed by atoms with Crippen molar-refractivity contribution in [1.29, 1.82) is 0 Å². The van der Waals surface area contributed by atoms with E-state index in [9.17, 15) is 27.9 Å². The molecular formula is C17H14ClF3N2O3S. The van der Waals surface area contributed by atoms with Gasteiger partial charge in [0.1, 0.15) is 5.92 Å². The van der Waals surface area contributed by atoms with Crippen LogP contribution in [-0.2, 0) is 0 Å². The highest BCUT2D eigenvalue weighted by atomic mass is 35.5. The molecule has 10 heteroatoms. The molecule has 0 bridgehead atoms. The topological polar surface area (TPSA) is 69.6 Å². The van der Waals surface area contributed by atoms with Gasteiger partial charge in [-0.05, 0) is 23.1 Å². The predicted octanol–water partition coefficient (Wildman–Crippen LogP) is 3.85. The molecular weight excluding hydrogens is 405 g/mol. The summed E-state index contributed by atoms with van der Waals surface area (Å²) in [6.45, 7) is 0. The summed E-state index contributed by atoms with van der Waals surface area (Å²) in [4.78, 5) is 25.3. The number of carbonyl (C=O) groups is 2. The van der Waals surface area contributed by atoms with Crippen LogP contribution in [0.25, 0.3) is 0 Å². The lowest BCUT2D eigenvalue weighted by Crippen LogP contribution is -2.72. The number of benzene rings is 1. The Kier molecular flexibility index (Phi) is 4.96. The summed E-state index contributed by atoms with van der Waals surface area (Å²) in [5.41, 5.74) is -3.60. The van der Waals surface area contributed by atoms with Gasteiger partial charge in [0.05, 0.1) is 10.9 Å². The number of hydrogen-bond acceptors (Lipinski definition) is 4. The smallest absolute Gasteiger partial charge is 0.363 e. The van der Waals surface area contributed by atoms with E-state index in [1.165, 1.54) is 35.7 Å². The lowest BCUT2D eigenvalue weighted by Gasteiger charge is -2.49. The van der Waals surface area contributed by atoms with E-state index in [1.807, 2.05) is 0 Å². The van der Waals surface area contributed by atoms with Crippen LogP contribution >= 0.6 is 22.9 Å². The first-order valence-corrected chi connectivity index (χ1v) is 9.00. The zero-order valence-electron chi connectivity index (χ0n) is 13.8. The Bertz CT molecular complexity index is 875. The molecule has 2 amide bonds. The van der Waals surface area contributed by atoms with Crippen LogP contribution in [0.15, 0.2) is 41.8 Å². The average Bonchev–Trinajstić information content (AvgIpc) is 3.13. The number of amides is 2. The molecule has 3 atom stereocenters. The minimum absolute atomic E-state index is 0.0317. The maximum Gasteiger partial charge on any atom is 0.437 e. The molecule has 5 nitrogen and oxygen atoms in total. The number of hydrogen-bond donors (Lipinski definition) is 2. The summed E-state index contributed by atoms with van der Waals surface area (Å²) in [7, 11) is 0.792. The van der Waals surface area contributed by atoms with Gasteiger partial charge in [-0.1, -0.05) is 35.9 Å². The molecule has 1 aliphatic heterocycles. The van der Waals surface area contributed by atoms with Crippen molar-refractivity contribution in [2.75, 3.05) is 7.05 Å². The van der Waals surface area contributed by atoms with Gasteiger partial charge in [-0.15, -0.1) is 11.3 Å². The molecule has 1 aromatic heterocycles. The molecule has 1 fully saturated rings. The number of ketones is 1. The van der Waals surface area contributed by atoms with E-state index < -0.39 is 35.7 Å². The fourth-order valence-electron chi connectivity index (χ4n) is 3.17. The summed E-state index contributed by atoms with van der Waals surface area (Å²) in [6.07, 6.45) is -5.28. The number of aliphatic hydroxyl groups is 1. The first-order chi connectivity index (χ1) is 12.6. The number of carbonyl (C=O) groups excluding carboxylic acids is 2. The Morgan fingerprint density at radius 1 is 1.30 bits per heavy atom. The van der Waals surface area contributed by atoms with E-state index in [-0.39, 0.29) is 20.4 Å². The van der Waals surface area contributed by atoms with Gasteiger partial charge in [-0.3, -0.25) is 9.69 Å². The van der Waals surface area contributed by atoms with Crippen molar-refractivity contribution >= 4 is 34.8 Å². The van der Waals surface area contributed by atoms with Crippen molar-refractivity contribution in [3.63, 3.8) is 0 Å². The predicted molar refractivity (Wildman–Crippen MR) is 93.6 cm³/mol. The third kappa shape index (κ3) is 3.09. The molecule has 3 rings (SSSR count). The maximum absolute atomic E-state index is 13.9. The first-order valence-electron chi connectivity index (χ1n) is 7.74. The second-order valence-corrected chi connectivity index (χ2v) is 7.41. The van der Waals surface area contributed by atoms with Crippen LogP contribution < -0.4 is 5.32 Å². The van der Waals surface area contributed by atoms with E-state index >= 15 is 0 Å². The van der Waals surface area contributed by atoms with Gasteiger partial charge < -0.3 is 10.4 Å². The molecule has 1 saturated heterocycles. The standard InChI is InChI=1S/C17H14ClF3N2O3S/c1-23-15(25)22-13(9-5-2-3-6-10(9)18)12(16(23,26)17(19,20)21)14(24)11-7-4-8-27-11/h2-8,12-13,26H,1H3,(H,22,25)/t12-,13-,16+/m1/s1. The summed E-state index contributed by atoms with van der Waals surface area (Å²) in [5.74, 6) is -3.00. The molecule has 2 N–H and O–H groups in total. The van der Waals surface area contributed by atoms with Crippen molar-refractivity contribution in [3.05, 3.63) is 57.2 Å². The zero-order valence-corrected chi connectivity index (χ0v) is 15.4. The molecule has 144 valence electrons. The van der Waals surface area contributed by atoms with Crippen molar-refractivity contribution in [2.24, 2.45) is 5.92 Å². The van der Waals surface area contributed by atoms with Gasteiger partial charge in [0.15, 0.2) is 5.78 Å². The van der Waals surface area contributed by atoms with Crippen LogP contribution in [-0.4, -0.2) is 40.8 Å². The van der Waals surface area contributed by atoms with Gasteiger partial charge in [0, 0.05) is 12.1 Å². The summed E-state index contributed by atoms with van der Waals surface area (Å²) < 4.78 is 41.8. The van der Waals surface area contributed by atoms with Gasteiger partial charge in [0.2, 0.25) is 0 Å². The number of thiophene rings is 1. The lowest BCUT2D eigenvalue weighted by molar-refractivity contribution is -0.322. The van der Waals surface area contributed by atoms with Crippen LogP contribution in [0.2, 0.25) is 5.02 Å². The Morgan fingerprint density at radius 2 is 1.96 bits per heavy atom. The molecule has 2 aromatic rings. The van der Waals surface area contributed by atoms with E-state index in [1.54, 1.807) is 6.07 Å². The highest BCUT2D eigenvalue weighted by molar-refractivity contribution is 7.12. The highest BCUT2D eigenvalue weighted by Gasteiger charge is 2.69. The molecule has 2 heterocycles. The van der Waals surface area contributed by atoms with Gasteiger partial charge in [-0.25, -0.2) is 4.79 Å². The Labute approximate surface area is 161 Å². The molecule has 1 aromatic carbocycles. The molecule has 0 saturated carbocycles. The first kappa shape index (κ1) is 19.7. The third-order valence-corrected chi connectivity index (χ3v) is 5.79. The number of nitrogens with zero attached hydrogens (tertiary/aromatic N) is 1. The van der Waals surface area contributed by atoms with E-state index in [4.69, 9.17) is 11.6 Å². The van der Waals surface area contributed by atoms with E-state index in [0.29, 0.717) is 0 Å². The Morgan fingerprint density at radius 3 is 2.52 bits per heavy atom. The largest absolute Gasteiger partial charge is 0.437 e. The second-order valence-electron chi connectivity index (χ2n) is 6.05. The minimum Gasteiger partial charge on any atom is -0.363 e. The van der Waals surface area contributed by atoms with E-state index in [2.05, 4.69) is 5.32 Å². The lowest BCUT2D eigenvalue weighted by atomic mass is 9.78. The van der Waals surface area contributed by atoms with Crippen LogP contribution in [0.4, 0.5) is 18.0 Å². The van der Waals surface area contributed by atoms with Crippen molar-refractivity contribution in [3.8, 4) is 0 Å². The van der Waals surface area contributed by atoms with Crippen LogP contribution in [0.5, 0.6) is 0 Å². The summed E-state index contributed by atoms with van der Waals surface area (Å²) >= 11 is 7.05. The number of halogens is 4. The number of urea groups is 1. The zero-order chi connectivity index (χ0) is 20.0. The maximum atomic E-state index is 13.9. The Hall–Kier alpha value is -2.10. The molecule has 27 heavy (non-hydrogen) atoms. The van der Waals surface area contributed by atoms with Crippen molar-refractivity contribution in [1.82, 2.24) is 10.2 Å². The third-order valence-electron chi connectivity index (χ3n) is 4.57. The molecule has 0 radical (unpaired) electrons. The number of nitrogens with one attached hydrogen (secondary N) is 1. The number of alkyl halides is 3. The summed E-state index contributed by atoms with van der Waals surface area (Å²) in [5, 5.41) is 14.7. The monoisotopic (exact) mass is 418 g/mol. The van der Waals surface area contributed by atoms with E-state index in [0.717, 1.165) is 18.4 Å². The van der Waals surface area contributed by atoms with Gasteiger partial charge in [-0.2, -0.15) is 13.2 Å². The second kappa shape index (κ2) is 6.81. The normalized spacial score (nSPS) is 26.0. The van der Waals surface area contributed by atoms with Crippen molar-refractivity contribution in [2.45, 2.75) is 17.9 Å². The minimum atomic E-state index is -5.28. The van der Waals surface area contributed by atoms with Gasteiger partial charge >= 0.3 is 12.2 Å². The molecule has 0 spiro atoms.